The van der Waals surface area contributed by atoms with E-state index in [0.29, 0.717) is 12.8 Å². The smallest absolute Gasteiger partial charge is 0.229 e. The van der Waals surface area contributed by atoms with Gasteiger partial charge in [0.15, 0.2) is 9.84 Å². The van der Waals surface area contributed by atoms with E-state index in [0.717, 1.165) is 5.56 Å². The van der Waals surface area contributed by atoms with Crippen LogP contribution < -0.4 is 0 Å². The number of hydrogen-bond acceptors (Lipinski definition) is 4. The average Bonchev–Trinajstić information content (AvgIpc) is 2.46. The molecule has 0 unspecified atom stereocenters. The van der Waals surface area contributed by atoms with E-state index in [1.165, 1.54) is 4.31 Å². The van der Waals surface area contributed by atoms with Crippen molar-refractivity contribution < 1.29 is 16.8 Å². The number of sulfonamides is 1. The maximum absolute atomic E-state index is 12.6. The molecule has 1 aliphatic heterocycles. The molecule has 7 heteroatoms. The van der Waals surface area contributed by atoms with E-state index in [2.05, 4.69) is 0 Å². The number of hydrogen-bond donors (Lipinski definition) is 0. The van der Waals surface area contributed by atoms with Gasteiger partial charge in [-0.25, -0.2) is 16.8 Å². The number of rotatable bonds is 5. The molecule has 1 aliphatic rings. The second-order valence-corrected chi connectivity index (χ2v) is 10.9. The standard InChI is InChI=1S/C16H25NO4S2/c1-13(2)12-22(18,19)15-8-10-17(11-9-15)23(20,21)16-6-4-14(3)5-7-16/h4-7,13,15H,8-12H2,1-3H3. The first kappa shape index (κ1) is 18.4. The van der Waals surface area contributed by atoms with Crippen LogP contribution in [0.25, 0.3) is 0 Å². The predicted molar refractivity (Wildman–Crippen MR) is 91.6 cm³/mol. The molecule has 1 saturated heterocycles. The molecule has 23 heavy (non-hydrogen) atoms. The van der Waals surface area contributed by atoms with Crippen molar-refractivity contribution in [2.75, 3.05) is 18.8 Å². The predicted octanol–water partition coefficient (Wildman–Crippen LogP) is 2.22. The normalized spacial score (nSPS) is 18.4. The first-order chi connectivity index (χ1) is 10.6. The van der Waals surface area contributed by atoms with Crippen LogP contribution in [0.15, 0.2) is 29.2 Å². The van der Waals surface area contributed by atoms with Gasteiger partial charge in [0.2, 0.25) is 10.0 Å². The lowest BCUT2D eigenvalue weighted by atomic mass is 10.2. The van der Waals surface area contributed by atoms with Crippen molar-refractivity contribution in [3.63, 3.8) is 0 Å². The highest BCUT2D eigenvalue weighted by Gasteiger charge is 2.34. The molecule has 0 aliphatic carbocycles. The molecule has 0 spiro atoms. The molecule has 1 fully saturated rings. The zero-order valence-corrected chi connectivity index (χ0v) is 15.5. The van der Waals surface area contributed by atoms with Gasteiger partial charge in [-0.1, -0.05) is 31.5 Å². The van der Waals surface area contributed by atoms with Crippen LogP contribution in [0.2, 0.25) is 0 Å². The van der Waals surface area contributed by atoms with Gasteiger partial charge in [-0.15, -0.1) is 0 Å². The fraction of sp³-hybridized carbons (Fsp3) is 0.625. The zero-order chi connectivity index (χ0) is 17.3. The van der Waals surface area contributed by atoms with Gasteiger partial charge in [-0.3, -0.25) is 0 Å². The summed E-state index contributed by atoms with van der Waals surface area (Å²) in [5.41, 5.74) is 1.00. The lowest BCUT2D eigenvalue weighted by molar-refractivity contribution is 0.345. The maximum Gasteiger partial charge on any atom is 0.243 e. The van der Waals surface area contributed by atoms with Crippen LogP contribution in [0.5, 0.6) is 0 Å². The largest absolute Gasteiger partial charge is 0.243 e. The van der Waals surface area contributed by atoms with E-state index < -0.39 is 25.1 Å². The summed E-state index contributed by atoms with van der Waals surface area (Å²) < 4.78 is 51.2. The number of sulfone groups is 1. The van der Waals surface area contributed by atoms with Crippen molar-refractivity contribution >= 4 is 19.9 Å². The molecule has 5 nitrogen and oxygen atoms in total. The minimum Gasteiger partial charge on any atom is -0.229 e. The Hall–Kier alpha value is -0.920. The van der Waals surface area contributed by atoms with E-state index in [4.69, 9.17) is 0 Å². The summed E-state index contributed by atoms with van der Waals surface area (Å²) >= 11 is 0. The van der Waals surface area contributed by atoms with Crippen LogP contribution in [-0.2, 0) is 19.9 Å². The molecule has 0 bridgehead atoms. The molecule has 1 aromatic carbocycles. The molecule has 0 amide bonds. The molecule has 2 rings (SSSR count). The Morgan fingerprint density at radius 3 is 2.04 bits per heavy atom. The van der Waals surface area contributed by atoms with Crippen LogP contribution >= 0.6 is 0 Å². The topological polar surface area (TPSA) is 71.5 Å². The molecule has 0 radical (unpaired) electrons. The highest BCUT2D eigenvalue weighted by Crippen LogP contribution is 2.25. The van der Waals surface area contributed by atoms with Gasteiger partial charge in [-0.2, -0.15) is 4.31 Å². The van der Waals surface area contributed by atoms with Crippen LogP contribution in [0.1, 0.15) is 32.3 Å². The van der Waals surface area contributed by atoms with Gasteiger partial charge in [0.05, 0.1) is 15.9 Å². The number of benzene rings is 1. The van der Waals surface area contributed by atoms with Crippen molar-refractivity contribution in [1.29, 1.82) is 0 Å². The Bertz CT molecular complexity index is 729. The highest BCUT2D eigenvalue weighted by molar-refractivity contribution is 7.92. The summed E-state index contributed by atoms with van der Waals surface area (Å²) in [4.78, 5) is 0.270. The van der Waals surface area contributed by atoms with E-state index in [-0.39, 0.29) is 29.7 Å². The fourth-order valence-electron chi connectivity index (χ4n) is 2.89. The monoisotopic (exact) mass is 359 g/mol. The molecule has 0 N–H and O–H groups in total. The second-order valence-electron chi connectivity index (χ2n) is 6.64. The average molecular weight is 360 g/mol. The molecular weight excluding hydrogens is 334 g/mol. The van der Waals surface area contributed by atoms with Gasteiger partial charge in [0.25, 0.3) is 0 Å². The Balaban J connectivity index is 2.08. The van der Waals surface area contributed by atoms with Crippen LogP contribution in [0, 0.1) is 12.8 Å². The van der Waals surface area contributed by atoms with Crippen molar-refractivity contribution in [2.45, 2.75) is 43.8 Å². The van der Waals surface area contributed by atoms with Crippen molar-refractivity contribution in [2.24, 2.45) is 5.92 Å². The molecule has 0 saturated carbocycles. The first-order valence-corrected chi connectivity index (χ1v) is 11.1. The number of nitrogens with zero attached hydrogens (tertiary/aromatic N) is 1. The maximum atomic E-state index is 12.6. The third kappa shape index (κ3) is 4.33. The molecule has 130 valence electrons. The van der Waals surface area contributed by atoms with E-state index in [9.17, 15) is 16.8 Å². The van der Waals surface area contributed by atoms with E-state index >= 15 is 0 Å². The summed E-state index contributed by atoms with van der Waals surface area (Å²) in [6, 6.07) is 6.75. The summed E-state index contributed by atoms with van der Waals surface area (Å²) in [5.74, 6) is 0.261. The van der Waals surface area contributed by atoms with Crippen LogP contribution in [0.3, 0.4) is 0 Å². The summed E-state index contributed by atoms with van der Waals surface area (Å²) in [7, 11) is -6.68. The van der Waals surface area contributed by atoms with Gasteiger partial charge < -0.3 is 0 Å². The summed E-state index contributed by atoms with van der Waals surface area (Å²) in [5, 5.41) is -0.422. The molecular formula is C16H25NO4S2. The minimum absolute atomic E-state index is 0.0920. The van der Waals surface area contributed by atoms with Crippen LogP contribution in [0.4, 0.5) is 0 Å². The molecule has 1 heterocycles. The second kappa shape index (κ2) is 6.91. The molecule has 0 aromatic heterocycles. The molecule has 0 atom stereocenters. The van der Waals surface area contributed by atoms with Crippen LogP contribution in [-0.4, -0.2) is 45.2 Å². The van der Waals surface area contributed by atoms with Gasteiger partial charge >= 0.3 is 0 Å². The van der Waals surface area contributed by atoms with E-state index in [1.54, 1.807) is 24.3 Å². The van der Waals surface area contributed by atoms with Crippen molar-refractivity contribution in [3.8, 4) is 0 Å². The summed E-state index contributed by atoms with van der Waals surface area (Å²) in [6.07, 6.45) is 0.750. The number of aryl methyl sites for hydroxylation is 1. The third-order valence-electron chi connectivity index (χ3n) is 4.13. The van der Waals surface area contributed by atoms with Crippen molar-refractivity contribution in [1.82, 2.24) is 4.31 Å². The highest BCUT2D eigenvalue weighted by atomic mass is 32.2. The Morgan fingerprint density at radius 2 is 1.57 bits per heavy atom. The third-order valence-corrected chi connectivity index (χ3v) is 8.66. The fourth-order valence-corrected chi connectivity index (χ4v) is 6.49. The first-order valence-electron chi connectivity index (χ1n) is 7.91. The van der Waals surface area contributed by atoms with Crippen molar-refractivity contribution in [3.05, 3.63) is 29.8 Å². The minimum atomic E-state index is -3.53. The Kier molecular flexibility index (Phi) is 5.53. The quantitative estimate of drug-likeness (QED) is 0.808. The van der Waals surface area contributed by atoms with Gasteiger partial charge in [0, 0.05) is 13.1 Å². The summed E-state index contributed by atoms with van der Waals surface area (Å²) in [6.45, 7) is 6.20. The zero-order valence-electron chi connectivity index (χ0n) is 13.9. The molecule has 1 aromatic rings. The lowest BCUT2D eigenvalue weighted by Crippen LogP contribution is -2.43. The Morgan fingerprint density at radius 1 is 1.04 bits per heavy atom. The van der Waals surface area contributed by atoms with Gasteiger partial charge in [0.1, 0.15) is 0 Å². The lowest BCUT2D eigenvalue weighted by Gasteiger charge is -2.31. The van der Waals surface area contributed by atoms with Gasteiger partial charge in [-0.05, 0) is 37.8 Å². The number of piperidine rings is 1. The Labute approximate surface area is 139 Å². The van der Waals surface area contributed by atoms with E-state index in [1.807, 2.05) is 20.8 Å². The SMILES string of the molecule is Cc1ccc(S(=O)(=O)N2CCC(S(=O)(=O)CC(C)C)CC2)cc1.